The van der Waals surface area contributed by atoms with E-state index in [4.69, 9.17) is 16.3 Å². The first-order valence-electron chi connectivity index (χ1n) is 7.93. The summed E-state index contributed by atoms with van der Waals surface area (Å²) in [4.78, 5) is 0. The molecule has 0 amide bonds. The fourth-order valence-corrected chi connectivity index (χ4v) is 2.61. The Morgan fingerprint density at radius 3 is 2.35 bits per heavy atom. The Morgan fingerprint density at radius 2 is 1.74 bits per heavy atom. The molecule has 2 rings (SSSR count). The summed E-state index contributed by atoms with van der Waals surface area (Å²) in [6.07, 6.45) is -0.516. The van der Waals surface area contributed by atoms with Crippen molar-refractivity contribution in [3.63, 3.8) is 0 Å². The monoisotopic (exact) mass is 334 g/mol. The van der Waals surface area contributed by atoms with Crippen molar-refractivity contribution < 1.29 is 15.2 Å². The van der Waals surface area contributed by atoms with Gasteiger partial charge in [-0.15, -0.1) is 0 Å². The maximum absolute atomic E-state index is 10.1. The molecule has 0 aliphatic heterocycles. The molecule has 0 aliphatic carbocycles. The Hall–Kier alpha value is -1.55. The number of aryl methyl sites for hydroxylation is 2. The van der Waals surface area contributed by atoms with Gasteiger partial charge in [0.25, 0.3) is 0 Å². The van der Waals surface area contributed by atoms with Crippen LogP contribution in [0.4, 0.5) is 0 Å². The van der Waals surface area contributed by atoms with Gasteiger partial charge in [0.2, 0.25) is 0 Å². The fraction of sp³-hybridized carbons (Fsp3) is 0.368. The molecule has 0 saturated heterocycles. The second-order valence-corrected chi connectivity index (χ2v) is 6.38. The standard InChI is InChI=1S/C19H24ClNO2/c1-13-9-18(10-14(2)19(13)20)23-12-17(22)11-21-15(3)16-7-5-4-6-8-16/h4-10,15,17,21-22H,11-12H2,1-3H3/p+1/t15-,17-/m1/s1. The Kier molecular flexibility index (Phi) is 6.46. The molecule has 23 heavy (non-hydrogen) atoms. The molecule has 0 fully saturated rings. The van der Waals surface area contributed by atoms with Crippen LogP contribution in [0.5, 0.6) is 5.75 Å². The Labute approximate surface area is 143 Å². The van der Waals surface area contributed by atoms with Gasteiger partial charge in [0.05, 0.1) is 0 Å². The van der Waals surface area contributed by atoms with E-state index < -0.39 is 6.10 Å². The van der Waals surface area contributed by atoms with Crippen molar-refractivity contribution in [2.24, 2.45) is 0 Å². The average Bonchev–Trinajstić information content (AvgIpc) is 2.56. The Balaban J connectivity index is 1.80. The van der Waals surface area contributed by atoms with Crippen molar-refractivity contribution in [3.8, 4) is 5.75 Å². The lowest BCUT2D eigenvalue weighted by atomic mass is 10.1. The highest BCUT2D eigenvalue weighted by Crippen LogP contribution is 2.25. The smallest absolute Gasteiger partial charge is 0.137 e. The summed E-state index contributed by atoms with van der Waals surface area (Å²) in [6, 6.07) is 14.4. The minimum absolute atomic E-state index is 0.276. The number of benzene rings is 2. The molecule has 0 radical (unpaired) electrons. The van der Waals surface area contributed by atoms with E-state index >= 15 is 0 Å². The lowest BCUT2D eigenvalue weighted by Gasteiger charge is -2.16. The SMILES string of the molecule is Cc1cc(OC[C@H](O)C[NH2+][C@H](C)c2ccccc2)cc(C)c1Cl. The molecular formula is C19H25ClNO2+. The van der Waals surface area contributed by atoms with Gasteiger partial charge in [0.15, 0.2) is 0 Å². The zero-order chi connectivity index (χ0) is 16.8. The minimum Gasteiger partial charge on any atom is -0.491 e. The van der Waals surface area contributed by atoms with Gasteiger partial charge in [0, 0.05) is 10.6 Å². The molecular weight excluding hydrogens is 310 g/mol. The van der Waals surface area contributed by atoms with Gasteiger partial charge in [-0.3, -0.25) is 0 Å². The van der Waals surface area contributed by atoms with Crippen LogP contribution in [0.2, 0.25) is 5.02 Å². The van der Waals surface area contributed by atoms with E-state index in [9.17, 15) is 5.11 Å². The highest BCUT2D eigenvalue weighted by Gasteiger charge is 2.13. The molecule has 0 bridgehead atoms. The number of nitrogens with two attached hydrogens (primary N) is 1. The van der Waals surface area contributed by atoms with Crippen molar-refractivity contribution in [3.05, 3.63) is 64.2 Å². The largest absolute Gasteiger partial charge is 0.491 e. The van der Waals surface area contributed by atoms with Gasteiger partial charge in [-0.25, -0.2) is 0 Å². The van der Waals surface area contributed by atoms with Crippen LogP contribution >= 0.6 is 11.6 Å². The van der Waals surface area contributed by atoms with Gasteiger partial charge in [-0.2, -0.15) is 0 Å². The summed E-state index contributed by atoms with van der Waals surface area (Å²) in [7, 11) is 0. The summed E-state index contributed by atoms with van der Waals surface area (Å²) in [5, 5.41) is 13.0. The predicted octanol–water partition coefficient (Wildman–Crippen LogP) is 3.02. The van der Waals surface area contributed by atoms with Crippen LogP contribution in [0.1, 0.15) is 29.7 Å². The number of rotatable bonds is 7. The molecule has 2 aromatic rings. The van der Waals surface area contributed by atoms with E-state index in [-0.39, 0.29) is 6.61 Å². The lowest BCUT2D eigenvalue weighted by Crippen LogP contribution is -2.87. The van der Waals surface area contributed by atoms with E-state index in [1.807, 2.05) is 44.2 Å². The molecule has 2 aromatic carbocycles. The van der Waals surface area contributed by atoms with Crippen LogP contribution in [0.25, 0.3) is 0 Å². The Morgan fingerprint density at radius 1 is 1.13 bits per heavy atom. The second-order valence-electron chi connectivity index (χ2n) is 6.01. The molecule has 124 valence electrons. The van der Waals surface area contributed by atoms with Crippen LogP contribution in [-0.2, 0) is 0 Å². The maximum atomic E-state index is 10.1. The van der Waals surface area contributed by atoms with Crippen molar-refractivity contribution >= 4 is 11.6 Å². The molecule has 3 nitrogen and oxygen atoms in total. The third-order valence-electron chi connectivity index (χ3n) is 3.94. The number of aliphatic hydroxyl groups excluding tert-OH is 1. The summed E-state index contributed by atoms with van der Waals surface area (Å²) in [6.45, 7) is 6.91. The van der Waals surface area contributed by atoms with E-state index in [0.717, 1.165) is 21.9 Å². The first kappa shape index (κ1) is 17.8. The van der Waals surface area contributed by atoms with Crippen molar-refractivity contribution in [1.82, 2.24) is 0 Å². The molecule has 0 aromatic heterocycles. The fourth-order valence-electron chi connectivity index (χ4n) is 2.50. The topological polar surface area (TPSA) is 46.1 Å². The zero-order valence-electron chi connectivity index (χ0n) is 13.9. The third-order valence-corrected chi connectivity index (χ3v) is 4.54. The van der Waals surface area contributed by atoms with Crippen molar-refractivity contribution in [2.45, 2.75) is 32.9 Å². The lowest BCUT2D eigenvalue weighted by molar-refractivity contribution is -0.698. The number of ether oxygens (including phenoxy) is 1. The molecule has 0 heterocycles. The van der Waals surface area contributed by atoms with Gasteiger partial charge in [-0.1, -0.05) is 41.9 Å². The summed E-state index contributed by atoms with van der Waals surface area (Å²) >= 11 is 6.15. The van der Waals surface area contributed by atoms with E-state index in [1.165, 1.54) is 5.56 Å². The highest BCUT2D eigenvalue weighted by molar-refractivity contribution is 6.32. The molecule has 2 atom stereocenters. The first-order valence-corrected chi connectivity index (χ1v) is 8.31. The molecule has 3 N–H and O–H groups in total. The van der Waals surface area contributed by atoms with Crippen molar-refractivity contribution in [1.29, 1.82) is 0 Å². The maximum Gasteiger partial charge on any atom is 0.137 e. The molecule has 0 saturated carbocycles. The zero-order valence-corrected chi connectivity index (χ0v) is 14.7. The van der Waals surface area contributed by atoms with Crippen molar-refractivity contribution in [2.75, 3.05) is 13.2 Å². The molecule has 0 aliphatic rings. The van der Waals surface area contributed by atoms with Gasteiger partial charge in [-0.05, 0) is 44.0 Å². The van der Waals surface area contributed by atoms with Gasteiger partial charge in [0.1, 0.15) is 31.0 Å². The summed E-state index contributed by atoms with van der Waals surface area (Å²) in [5.74, 6) is 0.750. The van der Waals surface area contributed by atoms with E-state index in [0.29, 0.717) is 12.6 Å². The number of hydrogen-bond acceptors (Lipinski definition) is 2. The van der Waals surface area contributed by atoms with Crippen LogP contribution < -0.4 is 10.1 Å². The van der Waals surface area contributed by atoms with E-state index in [2.05, 4.69) is 24.4 Å². The normalized spacial score (nSPS) is 13.6. The molecule has 4 heteroatoms. The Bertz CT molecular complexity index is 608. The van der Waals surface area contributed by atoms with Gasteiger partial charge < -0.3 is 15.2 Å². The second kappa shape index (κ2) is 8.34. The number of aliphatic hydroxyl groups is 1. The van der Waals surface area contributed by atoms with Gasteiger partial charge >= 0.3 is 0 Å². The van der Waals surface area contributed by atoms with Crippen LogP contribution in [0.15, 0.2) is 42.5 Å². The molecule has 0 unspecified atom stereocenters. The third kappa shape index (κ3) is 5.24. The predicted molar refractivity (Wildman–Crippen MR) is 94.1 cm³/mol. The highest BCUT2D eigenvalue weighted by atomic mass is 35.5. The average molecular weight is 335 g/mol. The number of halogens is 1. The van der Waals surface area contributed by atoms with E-state index in [1.54, 1.807) is 0 Å². The van der Waals surface area contributed by atoms with Crippen LogP contribution in [0.3, 0.4) is 0 Å². The van der Waals surface area contributed by atoms with Crippen LogP contribution in [0, 0.1) is 13.8 Å². The summed E-state index contributed by atoms with van der Waals surface area (Å²) < 4.78 is 5.69. The van der Waals surface area contributed by atoms with Crippen LogP contribution in [-0.4, -0.2) is 24.4 Å². The molecule has 0 spiro atoms. The summed E-state index contributed by atoms with van der Waals surface area (Å²) in [5.41, 5.74) is 3.23. The number of quaternary nitrogens is 1. The quantitative estimate of drug-likeness (QED) is 0.817. The first-order chi connectivity index (χ1) is 11.0. The minimum atomic E-state index is -0.516. The number of hydrogen-bond donors (Lipinski definition) is 2.